The maximum absolute atomic E-state index is 2.40. The fraction of sp³-hybridized carbons (Fsp3) is 0.462. The molecule has 3 aromatic carbocycles. The summed E-state index contributed by atoms with van der Waals surface area (Å²) in [6.45, 7) is 4.55. The van der Waals surface area contributed by atoms with Gasteiger partial charge in [-0.3, -0.25) is 0 Å². The average Bonchev–Trinajstić information content (AvgIpc) is 2.67. The van der Waals surface area contributed by atoms with Crippen LogP contribution in [0, 0.1) is 0 Å². The lowest BCUT2D eigenvalue weighted by Crippen LogP contribution is -1.88. The van der Waals surface area contributed by atoms with Crippen molar-refractivity contribution in [3.8, 4) is 0 Å². The molecule has 26 heavy (non-hydrogen) atoms. The Hall–Kier alpha value is -1.82. The molecule has 0 unspecified atom stereocenters. The van der Waals surface area contributed by atoms with Crippen molar-refractivity contribution >= 4 is 21.5 Å². The Morgan fingerprint density at radius 2 is 0.923 bits per heavy atom. The van der Waals surface area contributed by atoms with Gasteiger partial charge in [0.05, 0.1) is 0 Å². The molecular formula is C26H34. The van der Waals surface area contributed by atoms with Gasteiger partial charge in [0.15, 0.2) is 0 Å². The summed E-state index contributed by atoms with van der Waals surface area (Å²) >= 11 is 0. The molecule has 0 heteroatoms. The Morgan fingerprint density at radius 1 is 0.462 bits per heavy atom. The molecule has 138 valence electrons. The number of aryl methyl sites for hydroxylation is 2. The second kappa shape index (κ2) is 9.76. The van der Waals surface area contributed by atoms with E-state index in [0.29, 0.717) is 0 Å². The fourth-order valence-electron chi connectivity index (χ4n) is 3.92. The van der Waals surface area contributed by atoms with Gasteiger partial charge in [0.25, 0.3) is 0 Å². The van der Waals surface area contributed by atoms with Crippen LogP contribution in [0.4, 0.5) is 0 Å². The molecule has 0 nitrogen and oxygen atoms in total. The van der Waals surface area contributed by atoms with Gasteiger partial charge < -0.3 is 0 Å². The number of fused-ring (bicyclic) bond motifs is 2. The second-order valence-corrected chi connectivity index (χ2v) is 7.84. The predicted molar refractivity (Wildman–Crippen MR) is 117 cm³/mol. The summed E-state index contributed by atoms with van der Waals surface area (Å²) in [5.74, 6) is 0. The summed E-state index contributed by atoms with van der Waals surface area (Å²) in [4.78, 5) is 0. The van der Waals surface area contributed by atoms with E-state index in [2.05, 4.69) is 62.4 Å². The highest BCUT2D eigenvalue weighted by Crippen LogP contribution is 2.26. The van der Waals surface area contributed by atoms with Crippen LogP contribution in [0.3, 0.4) is 0 Å². The van der Waals surface area contributed by atoms with E-state index in [-0.39, 0.29) is 0 Å². The van der Waals surface area contributed by atoms with E-state index in [4.69, 9.17) is 0 Å². The van der Waals surface area contributed by atoms with Crippen LogP contribution in [-0.2, 0) is 12.8 Å². The van der Waals surface area contributed by atoms with Crippen LogP contribution in [0.5, 0.6) is 0 Å². The summed E-state index contributed by atoms with van der Waals surface area (Å²) in [5.41, 5.74) is 2.97. The molecule has 0 atom stereocenters. The Morgan fingerprint density at radius 3 is 1.35 bits per heavy atom. The highest BCUT2D eigenvalue weighted by Gasteiger charge is 2.02. The zero-order valence-corrected chi connectivity index (χ0v) is 16.7. The third-order valence-corrected chi connectivity index (χ3v) is 5.56. The average molecular weight is 347 g/mol. The van der Waals surface area contributed by atoms with E-state index in [1.54, 1.807) is 0 Å². The van der Waals surface area contributed by atoms with E-state index < -0.39 is 0 Å². The van der Waals surface area contributed by atoms with Gasteiger partial charge in [-0.05, 0) is 70.5 Å². The van der Waals surface area contributed by atoms with E-state index in [1.165, 1.54) is 96.9 Å². The van der Waals surface area contributed by atoms with Crippen molar-refractivity contribution in [2.24, 2.45) is 0 Å². The largest absolute Gasteiger partial charge is 0.0654 e. The van der Waals surface area contributed by atoms with Crippen molar-refractivity contribution in [2.45, 2.75) is 78.1 Å². The van der Waals surface area contributed by atoms with Crippen molar-refractivity contribution < 1.29 is 0 Å². The summed E-state index contributed by atoms with van der Waals surface area (Å²) in [5, 5.41) is 5.53. The maximum Gasteiger partial charge on any atom is -0.0175 e. The van der Waals surface area contributed by atoms with Crippen LogP contribution in [0.1, 0.15) is 76.3 Å². The van der Waals surface area contributed by atoms with Gasteiger partial charge in [-0.25, -0.2) is 0 Å². The van der Waals surface area contributed by atoms with Crippen LogP contribution in [0.2, 0.25) is 0 Å². The van der Waals surface area contributed by atoms with Crippen LogP contribution in [0.15, 0.2) is 48.5 Å². The number of hydrogen-bond donors (Lipinski definition) is 0. The van der Waals surface area contributed by atoms with Gasteiger partial charge in [0, 0.05) is 0 Å². The standard InChI is InChI=1S/C26H34/c1-3-5-7-9-11-21-13-15-23-20-26-18-22(12-10-8-6-4-2)14-16-24(26)19-25(23)17-21/h13-20H,3-12H2,1-2H3. The minimum Gasteiger partial charge on any atom is -0.0654 e. The number of benzene rings is 3. The maximum atomic E-state index is 2.40. The molecule has 0 amide bonds. The molecular weight excluding hydrogens is 312 g/mol. The second-order valence-electron chi connectivity index (χ2n) is 7.84. The van der Waals surface area contributed by atoms with Crippen molar-refractivity contribution in [3.05, 3.63) is 59.7 Å². The summed E-state index contributed by atoms with van der Waals surface area (Å²) in [6, 6.07) is 18.8. The van der Waals surface area contributed by atoms with Crippen LogP contribution in [0.25, 0.3) is 21.5 Å². The predicted octanol–water partition coefficient (Wildman–Crippen LogP) is 8.24. The Kier molecular flexibility index (Phi) is 7.12. The molecule has 0 aliphatic rings. The zero-order chi connectivity index (χ0) is 18.2. The van der Waals surface area contributed by atoms with Crippen molar-refractivity contribution in [1.29, 1.82) is 0 Å². The third-order valence-electron chi connectivity index (χ3n) is 5.56. The van der Waals surface area contributed by atoms with Crippen molar-refractivity contribution in [2.75, 3.05) is 0 Å². The topological polar surface area (TPSA) is 0 Å². The Labute approximate surface area is 159 Å². The molecule has 0 radical (unpaired) electrons. The lowest BCUT2D eigenvalue weighted by molar-refractivity contribution is 0.667. The summed E-state index contributed by atoms with van der Waals surface area (Å²) < 4.78 is 0. The van der Waals surface area contributed by atoms with E-state index in [9.17, 15) is 0 Å². The Bertz CT molecular complexity index is 756. The fourth-order valence-corrected chi connectivity index (χ4v) is 3.92. The molecule has 3 aromatic rings. The van der Waals surface area contributed by atoms with Crippen molar-refractivity contribution in [1.82, 2.24) is 0 Å². The quantitative estimate of drug-likeness (QED) is 0.256. The first-order valence-corrected chi connectivity index (χ1v) is 10.8. The third kappa shape index (κ3) is 5.10. The Balaban J connectivity index is 1.74. The minimum absolute atomic E-state index is 1.21. The van der Waals surface area contributed by atoms with Gasteiger partial charge >= 0.3 is 0 Å². The molecule has 0 aliphatic carbocycles. The number of rotatable bonds is 10. The molecule has 0 aliphatic heterocycles. The molecule has 0 saturated heterocycles. The van der Waals surface area contributed by atoms with Gasteiger partial charge in [-0.2, -0.15) is 0 Å². The van der Waals surface area contributed by atoms with Gasteiger partial charge in [0.2, 0.25) is 0 Å². The van der Waals surface area contributed by atoms with Crippen molar-refractivity contribution in [3.63, 3.8) is 0 Å². The normalized spacial score (nSPS) is 11.5. The first-order valence-electron chi connectivity index (χ1n) is 10.8. The monoisotopic (exact) mass is 346 g/mol. The SMILES string of the molecule is CCCCCCc1ccc2cc3cc(CCCCCC)ccc3cc2c1. The van der Waals surface area contributed by atoms with E-state index in [1.807, 2.05) is 0 Å². The zero-order valence-electron chi connectivity index (χ0n) is 16.7. The van der Waals surface area contributed by atoms with Crippen LogP contribution in [-0.4, -0.2) is 0 Å². The molecule has 0 fully saturated rings. The first kappa shape index (κ1) is 19.0. The lowest BCUT2D eigenvalue weighted by Gasteiger charge is -2.08. The molecule has 0 saturated carbocycles. The molecule has 0 aromatic heterocycles. The minimum atomic E-state index is 1.21. The first-order chi connectivity index (χ1) is 12.8. The molecule has 0 heterocycles. The molecule has 0 bridgehead atoms. The molecule has 0 N–H and O–H groups in total. The molecule has 3 rings (SSSR count). The molecule has 0 spiro atoms. The summed E-state index contributed by atoms with van der Waals surface area (Å²) in [7, 11) is 0. The van der Waals surface area contributed by atoms with Gasteiger partial charge in [-0.1, -0.05) is 88.8 Å². The van der Waals surface area contributed by atoms with Gasteiger partial charge in [-0.15, -0.1) is 0 Å². The lowest BCUT2D eigenvalue weighted by atomic mass is 9.97. The highest BCUT2D eigenvalue weighted by atomic mass is 14.1. The van der Waals surface area contributed by atoms with Crippen LogP contribution < -0.4 is 0 Å². The summed E-state index contributed by atoms with van der Waals surface area (Å²) in [6.07, 6.45) is 13.1. The smallest absolute Gasteiger partial charge is 0.0175 e. The van der Waals surface area contributed by atoms with Crippen LogP contribution >= 0.6 is 0 Å². The van der Waals surface area contributed by atoms with E-state index >= 15 is 0 Å². The number of hydrogen-bond acceptors (Lipinski definition) is 0. The van der Waals surface area contributed by atoms with E-state index in [0.717, 1.165) is 0 Å². The van der Waals surface area contributed by atoms with Gasteiger partial charge in [0.1, 0.15) is 0 Å². The number of unbranched alkanes of at least 4 members (excludes halogenated alkanes) is 6. The highest BCUT2D eigenvalue weighted by molar-refractivity contribution is 5.98.